The van der Waals surface area contributed by atoms with Crippen LogP contribution in [0.2, 0.25) is 0 Å². The number of benzene rings is 1. The van der Waals surface area contributed by atoms with Gasteiger partial charge in [-0.1, -0.05) is 29.8 Å². The van der Waals surface area contributed by atoms with E-state index in [0.717, 1.165) is 5.56 Å². The smallest absolute Gasteiger partial charge is 0.129 e. The van der Waals surface area contributed by atoms with Crippen LogP contribution < -0.4 is 0 Å². The zero-order valence-corrected chi connectivity index (χ0v) is 8.44. The van der Waals surface area contributed by atoms with Crippen LogP contribution in [0.3, 0.4) is 0 Å². The predicted molar refractivity (Wildman–Crippen MR) is 57.2 cm³/mol. The zero-order valence-electron chi connectivity index (χ0n) is 8.44. The van der Waals surface area contributed by atoms with Gasteiger partial charge in [0.05, 0.1) is 6.07 Å². The molecule has 3 heteroatoms. The lowest BCUT2D eigenvalue weighted by atomic mass is 9.99. The number of aryl methyl sites for hydroxylation is 1. The summed E-state index contributed by atoms with van der Waals surface area (Å²) < 4.78 is 0. The molecule has 74 valence electrons. The van der Waals surface area contributed by atoms with E-state index in [0.29, 0.717) is 5.82 Å². The lowest BCUT2D eigenvalue weighted by molar-refractivity contribution is 0.926. The molecule has 0 bridgehead atoms. The number of hydrogen-bond donors (Lipinski definition) is 1. The maximum absolute atomic E-state index is 9.11. The first-order valence-corrected chi connectivity index (χ1v) is 4.76. The van der Waals surface area contributed by atoms with E-state index in [9.17, 15) is 0 Å². The van der Waals surface area contributed by atoms with Gasteiger partial charge < -0.3 is 4.98 Å². The van der Waals surface area contributed by atoms with Gasteiger partial charge in [0, 0.05) is 12.4 Å². The van der Waals surface area contributed by atoms with Crippen LogP contribution in [0.4, 0.5) is 0 Å². The topological polar surface area (TPSA) is 52.5 Å². The molecule has 0 aliphatic carbocycles. The van der Waals surface area contributed by atoms with E-state index in [-0.39, 0.29) is 5.92 Å². The fourth-order valence-electron chi connectivity index (χ4n) is 1.49. The third-order valence-corrected chi connectivity index (χ3v) is 2.33. The van der Waals surface area contributed by atoms with E-state index in [1.54, 1.807) is 12.4 Å². The lowest BCUT2D eigenvalue weighted by Crippen LogP contribution is -2.00. The van der Waals surface area contributed by atoms with E-state index in [2.05, 4.69) is 16.0 Å². The minimum Gasteiger partial charge on any atom is -0.347 e. The molecule has 0 fully saturated rings. The first kappa shape index (κ1) is 9.47. The lowest BCUT2D eigenvalue weighted by Gasteiger charge is -2.06. The maximum atomic E-state index is 9.11. The van der Waals surface area contributed by atoms with E-state index >= 15 is 0 Å². The normalized spacial score (nSPS) is 12.0. The predicted octanol–water partition coefficient (Wildman–Crippen LogP) is 2.37. The molecule has 1 aromatic heterocycles. The fourth-order valence-corrected chi connectivity index (χ4v) is 1.49. The summed E-state index contributed by atoms with van der Waals surface area (Å²) in [5.74, 6) is 0.391. The summed E-state index contributed by atoms with van der Waals surface area (Å²) in [5.41, 5.74) is 2.16. The van der Waals surface area contributed by atoms with Crippen LogP contribution >= 0.6 is 0 Å². The van der Waals surface area contributed by atoms with Crippen LogP contribution in [0.25, 0.3) is 0 Å². The highest BCUT2D eigenvalue weighted by molar-refractivity contribution is 5.33. The second-order valence-corrected chi connectivity index (χ2v) is 3.45. The monoisotopic (exact) mass is 197 g/mol. The minimum absolute atomic E-state index is 0.305. The van der Waals surface area contributed by atoms with Crippen molar-refractivity contribution < 1.29 is 0 Å². The average Bonchev–Trinajstić information content (AvgIpc) is 2.75. The number of hydrogen-bond acceptors (Lipinski definition) is 2. The maximum Gasteiger partial charge on any atom is 0.129 e. The third kappa shape index (κ3) is 1.89. The average molecular weight is 197 g/mol. The van der Waals surface area contributed by atoms with E-state index in [4.69, 9.17) is 5.26 Å². The van der Waals surface area contributed by atoms with Crippen LogP contribution in [-0.2, 0) is 0 Å². The Labute approximate surface area is 88.4 Å². The number of rotatable bonds is 2. The van der Waals surface area contributed by atoms with Crippen LogP contribution in [-0.4, -0.2) is 9.97 Å². The number of nitrogens with zero attached hydrogens (tertiary/aromatic N) is 2. The first-order chi connectivity index (χ1) is 7.31. The van der Waals surface area contributed by atoms with Crippen molar-refractivity contribution in [2.75, 3.05) is 0 Å². The molecule has 1 aromatic carbocycles. The van der Waals surface area contributed by atoms with Gasteiger partial charge in [-0.25, -0.2) is 4.98 Å². The summed E-state index contributed by atoms with van der Waals surface area (Å²) in [5, 5.41) is 9.11. The molecule has 1 unspecified atom stereocenters. The quantitative estimate of drug-likeness (QED) is 0.803. The SMILES string of the molecule is Cc1ccc(C(C#N)c2ncc[nH]2)cc1. The van der Waals surface area contributed by atoms with Gasteiger partial charge in [0.15, 0.2) is 0 Å². The van der Waals surface area contributed by atoms with Gasteiger partial charge in [-0.15, -0.1) is 0 Å². The highest BCUT2D eigenvalue weighted by Gasteiger charge is 2.14. The van der Waals surface area contributed by atoms with Crippen LogP contribution in [0.15, 0.2) is 36.7 Å². The summed E-state index contributed by atoms with van der Waals surface area (Å²) in [6.07, 6.45) is 3.39. The molecule has 2 rings (SSSR count). The van der Waals surface area contributed by atoms with Gasteiger partial charge in [-0.05, 0) is 12.5 Å². The van der Waals surface area contributed by atoms with E-state index < -0.39 is 0 Å². The van der Waals surface area contributed by atoms with Gasteiger partial charge >= 0.3 is 0 Å². The Morgan fingerprint density at radius 3 is 2.60 bits per heavy atom. The molecular weight excluding hydrogens is 186 g/mol. The molecule has 1 atom stereocenters. The summed E-state index contributed by atoms with van der Waals surface area (Å²) in [6, 6.07) is 10.2. The van der Waals surface area contributed by atoms with Gasteiger partial charge in [-0.3, -0.25) is 0 Å². The highest BCUT2D eigenvalue weighted by Crippen LogP contribution is 2.20. The Bertz CT molecular complexity index is 463. The summed E-state index contributed by atoms with van der Waals surface area (Å²) in [4.78, 5) is 7.08. The van der Waals surface area contributed by atoms with Crippen LogP contribution in [0.1, 0.15) is 22.9 Å². The molecule has 0 saturated heterocycles. The van der Waals surface area contributed by atoms with Crippen molar-refractivity contribution in [2.45, 2.75) is 12.8 Å². The Morgan fingerprint density at radius 1 is 1.33 bits per heavy atom. The largest absolute Gasteiger partial charge is 0.347 e. The number of imidazole rings is 1. The molecule has 0 spiro atoms. The molecule has 0 aliphatic heterocycles. The van der Waals surface area contributed by atoms with Crippen molar-refractivity contribution in [2.24, 2.45) is 0 Å². The molecule has 1 N–H and O–H groups in total. The van der Waals surface area contributed by atoms with Crippen LogP contribution in [0, 0.1) is 18.3 Å². The van der Waals surface area contributed by atoms with Gasteiger partial charge in [0.25, 0.3) is 0 Å². The second kappa shape index (κ2) is 3.97. The Balaban J connectivity index is 2.37. The van der Waals surface area contributed by atoms with Gasteiger partial charge in [-0.2, -0.15) is 5.26 Å². The second-order valence-electron chi connectivity index (χ2n) is 3.45. The third-order valence-electron chi connectivity index (χ3n) is 2.33. The molecular formula is C12H11N3. The number of aromatic nitrogens is 2. The number of nitrogens with one attached hydrogen (secondary N) is 1. The molecule has 2 aromatic rings. The van der Waals surface area contributed by atoms with Crippen molar-refractivity contribution in [1.82, 2.24) is 9.97 Å². The van der Waals surface area contributed by atoms with Crippen molar-refractivity contribution >= 4 is 0 Å². The van der Waals surface area contributed by atoms with Crippen molar-refractivity contribution in [3.8, 4) is 6.07 Å². The Hall–Kier alpha value is -2.08. The molecule has 0 radical (unpaired) electrons. The van der Waals surface area contributed by atoms with Crippen LogP contribution in [0.5, 0.6) is 0 Å². The fraction of sp³-hybridized carbons (Fsp3) is 0.167. The van der Waals surface area contributed by atoms with Crippen molar-refractivity contribution in [1.29, 1.82) is 5.26 Å². The van der Waals surface area contributed by atoms with E-state index in [1.165, 1.54) is 5.56 Å². The molecule has 1 heterocycles. The van der Waals surface area contributed by atoms with E-state index in [1.807, 2.05) is 31.2 Å². The molecule has 15 heavy (non-hydrogen) atoms. The Kier molecular flexibility index (Phi) is 2.51. The summed E-state index contributed by atoms with van der Waals surface area (Å²) in [7, 11) is 0. The standard InChI is InChI=1S/C12H11N3/c1-9-2-4-10(5-3-9)11(8-13)12-14-6-7-15-12/h2-7,11H,1H3,(H,14,15). The number of nitriles is 1. The number of H-pyrrole nitrogens is 1. The summed E-state index contributed by atoms with van der Waals surface area (Å²) >= 11 is 0. The molecule has 0 aliphatic rings. The highest BCUT2D eigenvalue weighted by atomic mass is 14.9. The van der Waals surface area contributed by atoms with Crippen molar-refractivity contribution in [3.63, 3.8) is 0 Å². The Morgan fingerprint density at radius 2 is 2.07 bits per heavy atom. The van der Waals surface area contributed by atoms with Gasteiger partial charge in [0.2, 0.25) is 0 Å². The first-order valence-electron chi connectivity index (χ1n) is 4.76. The molecule has 0 saturated carbocycles. The zero-order chi connectivity index (χ0) is 10.7. The minimum atomic E-state index is -0.305. The van der Waals surface area contributed by atoms with Crippen molar-refractivity contribution in [3.05, 3.63) is 53.6 Å². The molecule has 0 amide bonds. The van der Waals surface area contributed by atoms with Gasteiger partial charge in [0.1, 0.15) is 11.7 Å². The molecule has 3 nitrogen and oxygen atoms in total. The number of aromatic amines is 1. The summed E-state index contributed by atoms with van der Waals surface area (Å²) in [6.45, 7) is 2.03.